The molecule has 1 unspecified atom stereocenters. The zero-order valence-electron chi connectivity index (χ0n) is 10.3. The predicted molar refractivity (Wildman–Crippen MR) is 68.4 cm³/mol. The van der Waals surface area contributed by atoms with Crippen molar-refractivity contribution in [2.45, 2.75) is 24.4 Å². The fraction of sp³-hybridized carbons (Fsp3) is 0.250. The smallest absolute Gasteiger partial charge is 0.243 e. The highest BCUT2D eigenvalue weighted by Crippen LogP contribution is 2.13. The maximum atomic E-state index is 13.5. The topological polar surface area (TPSA) is 64.0 Å². The molecule has 1 N–H and O–H groups in total. The molecule has 0 spiro atoms. The van der Waals surface area contributed by atoms with Crippen molar-refractivity contribution >= 4 is 10.0 Å². The summed E-state index contributed by atoms with van der Waals surface area (Å²) in [4.78, 5) is -0.345. The Balaban J connectivity index is 2.11. The molecule has 1 atom stereocenters. The molecule has 0 saturated carbocycles. The van der Waals surface area contributed by atoms with Crippen LogP contribution in [-0.2, 0) is 16.6 Å². The van der Waals surface area contributed by atoms with E-state index >= 15 is 0 Å². The highest BCUT2D eigenvalue weighted by Gasteiger charge is 2.20. The van der Waals surface area contributed by atoms with Gasteiger partial charge in [0.25, 0.3) is 0 Å². The fourth-order valence-corrected chi connectivity index (χ4v) is 3.03. The Morgan fingerprint density at radius 2 is 2.11 bits per heavy atom. The van der Waals surface area contributed by atoms with E-state index in [1.54, 1.807) is 30.1 Å². The summed E-state index contributed by atoms with van der Waals surface area (Å²) in [6, 6.07) is 6.63. The first-order valence-electron chi connectivity index (χ1n) is 5.73. The van der Waals surface area contributed by atoms with Crippen molar-refractivity contribution in [3.05, 3.63) is 48.5 Å². The molecule has 2 rings (SSSR count). The summed E-state index contributed by atoms with van der Waals surface area (Å²) in [7, 11) is -3.86. The summed E-state index contributed by atoms with van der Waals surface area (Å²) >= 11 is 0. The Labute approximate surface area is 111 Å². The van der Waals surface area contributed by atoms with Crippen molar-refractivity contribution in [2.75, 3.05) is 0 Å². The number of nitrogens with one attached hydrogen (secondary N) is 1. The second-order valence-corrected chi connectivity index (χ2v) is 5.86. The van der Waals surface area contributed by atoms with E-state index in [-0.39, 0.29) is 4.90 Å². The Hall–Kier alpha value is -1.73. The molecule has 2 aromatic rings. The fourth-order valence-electron chi connectivity index (χ4n) is 1.72. The SMILES string of the molecule is CC(Cn1cccn1)NS(=O)(=O)c1ccccc1F. The summed E-state index contributed by atoms with van der Waals surface area (Å²) in [5, 5.41) is 3.98. The number of rotatable bonds is 5. The average Bonchev–Trinajstić information content (AvgIpc) is 2.81. The number of nitrogens with zero attached hydrogens (tertiary/aromatic N) is 2. The molecular weight excluding hydrogens is 269 g/mol. The zero-order chi connectivity index (χ0) is 13.9. The number of sulfonamides is 1. The number of aromatic nitrogens is 2. The average molecular weight is 283 g/mol. The van der Waals surface area contributed by atoms with E-state index in [0.717, 1.165) is 6.07 Å². The van der Waals surface area contributed by atoms with Crippen molar-refractivity contribution in [1.29, 1.82) is 0 Å². The minimum absolute atomic E-state index is 0.345. The van der Waals surface area contributed by atoms with Gasteiger partial charge in [-0.3, -0.25) is 4.68 Å². The minimum Gasteiger partial charge on any atom is -0.271 e. The van der Waals surface area contributed by atoms with Gasteiger partial charge in [-0.2, -0.15) is 5.10 Å². The maximum Gasteiger partial charge on any atom is 0.243 e. The van der Waals surface area contributed by atoms with Gasteiger partial charge in [-0.1, -0.05) is 12.1 Å². The van der Waals surface area contributed by atoms with Gasteiger partial charge in [0.1, 0.15) is 10.7 Å². The largest absolute Gasteiger partial charge is 0.271 e. The lowest BCUT2D eigenvalue weighted by molar-refractivity contribution is 0.490. The van der Waals surface area contributed by atoms with Crippen LogP contribution in [-0.4, -0.2) is 24.2 Å². The Morgan fingerprint density at radius 3 is 2.74 bits per heavy atom. The molecule has 1 heterocycles. The molecular formula is C12H14FN3O2S. The van der Waals surface area contributed by atoms with Gasteiger partial charge >= 0.3 is 0 Å². The number of benzene rings is 1. The molecule has 0 bridgehead atoms. The van der Waals surface area contributed by atoms with Gasteiger partial charge in [-0.15, -0.1) is 0 Å². The van der Waals surface area contributed by atoms with Gasteiger partial charge < -0.3 is 0 Å². The Bertz CT molecular complexity index is 641. The van der Waals surface area contributed by atoms with Gasteiger partial charge in [0.05, 0.1) is 6.54 Å². The zero-order valence-corrected chi connectivity index (χ0v) is 11.1. The number of halogens is 1. The van der Waals surface area contributed by atoms with Crippen LogP contribution in [0.1, 0.15) is 6.92 Å². The number of hydrogen-bond acceptors (Lipinski definition) is 3. The Morgan fingerprint density at radius 1 is 1.37 bits per heavy atom. The predicted octanol–water partition coefficient (Wildman–Crippen LogP) is 1.39. The quantitative estimate of drug-likeness (QED) is 0.902. The molecule has 0 aliphatic heterocycles. The first-order valence-corrected chi connectivity index (χ1v) is 7.21. The van der Waals surface area contributed by atoms with Crippen LogP contribution < -0.4 is 4.72 Å². The summed E-state index contributed by atoms with van der Waals surface area (Å²) in [5.41, 5.74) is 0. The van der Waals surface area contributed by atoms with Crippen molar-refractivity contribution in [3.63, 3.8) is 0 Å². The van der Waals surface area contributed by atoms with Crippen LogP contribution in [0.15, 0.2) is 47.6 Å². The third-order valence-electron chi connectivity index (χ3n) is 2.50. The van der Waals surface area contributed by atoms with Crippen LogP contribution in [0.4, 0.5) is 4.39 Å². The molecule has 0 aliphatic carbocycles. The summed E-state index contributed by atoms with van der Waals surface area (Å²) in [5.74, 6) is -0.763. The van der Waals surface area contributed by atoms with Crippen LogP contribution in [0.2, 0.25) is 0 Å². The molecule has 0 fully saturated rings. The van der Waals surface area contributed by atoms with Crippen molar-refractivity contribution in [3.8, 4) is 0 Å². The van der Waals surface area contributed by atoms with Crippen molar-refractivity contribution in [2.24, 2.45) is 0 Å². The molecule has 0 saturated heterocycles. The van der Waals surface area contributed by atoms with E-state index in [9.17, 15) is 12.8 Å². The summed E-state index contributed by atoms with van der Waals surface area (Å²) in [6.07, 6.45) is 3.34. The third kappa shape index (κ3) is 3.39. The van der Waals surface area contributed by atoms with E-state index in [1.807, 2.05) is 0 Å². The molecule has 1 aromatic heterocycles. The van der Waals surface area contributed by atoms with E-state index in [0.29, 0.717) is 6.54 Å². The lowest BCUT2D eigenvalue weighted by Gasteiger charge is -2.14. The van der Waals surface area contributed by atoms with E-state index in [1.165, 1.54) is 18.2 Å². The highest BCUT2D eigenvalue weighted by atomic mass is 32.2. The third-order valence-corrected chi connectivity index (χ3v) is 4.13. The van der Waals surface area contributed by atoms with Gasteiger partial charge in [0.15, 0.2) is 0 Å². The lowest BCUT2D eigenvalue weighted by atomic mass is 10.3. The van der Waals surface area contributed by atoms with E-state index < -0.39 is 21.9 Å². The first-order chi connectivity index (χ1) is 8.99. The van der Waals surface area contributed by atoms with Gasteiger partial charge in [0.2, 0.25) is 10.0 Å². The molecule has 0 amide bonds. The van der Waals surface area contributed by atoms with Crippen molar-refractivity contribution < 1.29 is 12.8 Å². The summed E-state index contributed by atoms with van der Waals surface area (Å²) < 4.78 is 41.5. The van der Waals surface area contributed by atoms with Crippen LogP contribution in [0.25, 0.3) is 0 Å². The number of hydrogen-bond donors (Lipinski definition) is 1. The van der Waals surface area contributed by atoms with Gasteiger partial charge in [-0.25, -0.2) is 17.5 Å². The van der Waals surface area contributed by atoms with Crippen molar-refractivity contribution in [1.82, 2.24) is 14.5 Å². The molecule has 1 aromatic carbocycles. The molecule has 19 heavy (non-hydrogen) atoms. The molecule has 0 aliphatic rings. The molecule has 7 heteroatoms. The lowest BCUT2D eigenvalue weighted by Crippen LogP contribution is -2.36. The second kappa shape index (κ2) is 5.50. The van der Waals surface area contributed by atoms with Crippen LogP contribution in [0.5, 0.6) is 0 Å². The normalized spacial score (nSPS) is 13.4. The standard InChI is InChI=1S/C12H14FN3O2S/c1-10(9-16-8-4-7-14-16)15-19(17,18)12-6-3-2-5-11(12)13/h2-8,10,15H,9H2,1H3. The second-order valence-electron chi connectivity index (χ2n) is 4.18. The molecule has 5 nitrogen and oxygen atoms in total. The highest BCUT2D eigenvalue weighted by molar-refractivity contribution is 7.89. The summed E-state index contributed by atoms with van der Waals surface area (Å²) in [6.45, 7) is 2.07. The van der Waals surface area contributed by atoms with Gasteiger partial charge in [-0.05, 0) is 25.1 Å². The molecule has 0 radical (unpaired) electrons. The van der Waals surface area contributed by atoms with Crippen LogP contribution >= 0.6 is 0 Å². The van der Waals surface area contributed by atoms with E-state index in [2.05, 4.69) is 9.82 Å². The maximum absolute atomic E-state index is 13.5. The van der Waals surface area contributed by atoms with Gasteiger partial charge in [0, 0.05) is 18.4 Å². The van der Waals surface area contributed by atoms with Crippen LogP contribution in [0.3, 0.4) is 0 Å². The first kappa shape index (κ1) is 13.7. The monoisotopic (exact) mass is 283 g/mol. The Kier molecular flexibility index (Phi) is 3.96. The van der Waals surface area contributed by atoms with Crippen LogP contribution in [0, 0.1) is 5.82 Å². The molecule has 102 valence electrons. The minimum atomic E-state index is -3.86. The van der Waals surface area contributed by atoms with E-state index in [4.69, 9.17) is 0 Å².